The van der Waals surface area contributed by atoms with Gasteiger partial charge in [-0.1, -0.05) is 0 Å². The van der Waals surface area contributed by atoms with Crippen molar-refractivity contribution in [3.05, 3.63) is 33.4 Å². The van der Waals surface area contributed by atoms with Gasteiger partial charge in [-0.05, 0) is 19.4 Å². The summed E-state index contributed by atoms with van der Waals surface area (Å²) in [6.45, 7) is 3.70. The molecule has 0 aliphatic rings. The van der Waals surface area contributed by atoms with Gasteiger partial charge >= 0.3 is 0 Å². The van der Waals surface area contributed by atoms with Crippen molar-refractivity contribution in [3.8, 4) is 0 Å². The van der Waals surface area contributed by atoms with Crippen molar-refractivity contribution in [2.24, 2.45) is 0 Å². The van der Waals surface area contributed by atoms with Crippen LogP contribution < -0.4 is 10.9 Å². The molecule has 3 aromatic heterocycles. The van der Waals surface area contributed by atoms with Crippen LogP contribution in [0.2, 0.25) is 0 Å². The first-order valence-corrected chi connectivity index (χ1v) is 6.98. The largest absolute Gasteiger partial charge is 0.293 e. The maximum absolute atomic E-state index is 12.4. The number of carbonyl (C=O) groups is 1. The van der Waals surface area contributed by atoms with E-state index in [0.29, 0.717) is 10.2 Å². The molecule has 3 heterocycles. The lowest BCUT2D eigenvalue weighted by atomic mass is 10.2. The lowest BCUT2D eigenvalue weighted by Gasteiger charge is -2.05. The lowest BCUT2D eigenvalue weighted by Crippen LogP contribution is -2.28. The van der Waals surface area contributed by atoms with Crippen molar-refractivity contribution in [3.63, 3.8) is 0 Å². The smallest absolute Gasteiger partial charge is 0.262 e. The third-order valence-electron chi connectivity index (χ3n) is 3.14. The molecule has 0 unspecified atom stereocenters. The molecular formula is C12H12N6O2S. The Kier molecular flexibility index (Phi) is 3.26. The minimum Gasteiger partial charge on any atom is -0.293 e. The van der Waals surface area contributed by atoms with E-state index in [-0.39, 0.29) is 24.0 Å². The molecule has 8 nitrogen and oxygen atoms in total. The Bertz CT molecular complexity index is 864. The van der Waals surface area contributed by atoms with Gasteiger partial charge in [-0.3, -0.25) is 19.5 Å². The molecule has 0 aliphatic carbocycles. The van der Waals surface area contributed by atoms with Gasteiger partial charge < -0.3 is 0 Å². The van der Waals surface area contributed by atoms with Gasteiger partial charge in [0.1, 0.15) is 17.7 Å². The summed E-state index contributed by atoms with van der Waals surface area (Å²) in [7, 11) is 0. The number of thiophene rings is 1. The molecular weight excluding hydrogens is 292 g/mol. The van der Waals surface area contributed by atoms with Crippen molar-refractivity contribution < 1.29 is 4.79 Å². The minimum atomic E-state index is -0.375. The van der Waals surface area contributed by atoms with Gasteiger partial charge in [0.25, 0.3) is 5.56 Å². The number of aromatic nitrogens is 5. The third-order valence-corrected chi connectivity index (χ3v) is 4.26. The standard InChI is InChI=1S/C12H12N6O2S/c1-6-7(2)21-10-9(6)11(20)18(5-14-10)3-8(19)16-12-13-4-15-17-12/h4-5H,3H2,1-2H3,(H2,13,15,16,17,19). The predicted molar refractivity (Wildman–Crippen MR) is 78.4 cm³/mol. The van der Waals surface area contributed by atoms with Crippen molar-refractivity contribution in [2.75, 3.05) is 5.32 Å². The highest BCUT2D eigenvalue weighted by Crippen LogP contribution is 2.25. The van der Waals surface area contributed by atoms with Crippen molar-refractivity contribution in [1.29, 1.82) is 0 Å². The van der Waals surface area contributed by atoms with Crippen molar-refractivity contribution >= 4 is 33.4 Å². The third kappa shape index (κ3) is 2.42. The van der Waals surface area contributed by atoms with E-state index < -0.39 is 0 Å². The Hall–Kier alpha value is -2.55. The molecule has 0 aliphatic heterocycles. The van der Waals surface area contributed by atoms with Gasteiger partial charge in [0.2, 0.25) is 11.9 Å². The maximum Gasteiger partial charge on any atom is 0.262 e. The topological polar surface area (TPSA) is 106 Å². The molecule has 0 aromatic carbocycles. The van der Waals surface area contributed by atoms with E-state index in [0.717, 1.165) is 10.4 Å². The van der Waals surface area contributed by atoms with Crippen LogP contribution in [-0.2, 0) is 11.3 Å². The van der Waals surface area contributed by atoms with E-state index in [1.165, 1.54) is 28.6 Å². The van der Waals surface area contributed by atoms with Crippen molar-refractivity contribution in [1.82, 2.24) is 24.7 Å². The summed E-state index contributed by atoms with van der Waals surface area (Å²) in [6, 6.07) is 0. The zero-order chi connectivity index (χ0) is 15.0. The number of rotatable bonds is 3. The van der Waals surface area contributed by atoms with Crippen LogP contribution in [0.1, 0.15) is 10.4 Å². The molecule has 21 heavy (non-hydrogen) atoms. The van der Waals surface area contributed by atoms with E-state index in [4.69, 9.17) is 0 Å². The number of nitrogens with zero attached hydrogens (tertiary/aromatic N) is 4. The Balaban J connectivity index is 1.91. The van der Waals surface area contributed by atoms with Gasteiger partial charge in [-0.25, -0.2) is 10.1 Å². The fraction of sp³-hybridized carbons (Fsp3) is 0.250. The number of carbonyl (C=O) groups excluding carboxylic acids is 1. The van der Waals surface area contributed by atoms with Crippen LogP contribution in [0.4, 0.5) is 5.95 Å². The molecule has 0 bridgehead atoms. The zero-order valence-corrected chi connectivity index (χ0v) is 12.2. The summed E-state index contributed by atoms with van der Waals surface area (Å²) in [5.74, 6) is -0.135. The number of fused-ring (bicyclic) bond motifs is 1. The van der Waals surface area contributed by atoms with Crippen LogP contribution in [0.15, 0.2) is 17.4 Å². The first-order valence-electron chi connectivity index (χ1n) is 6.16. The van der Waals surface area contributed by atoms with Crippen LogP contribution >= 0.6 is 11.3 Å². The Morgan fingerprint density at radius 3 is 2.95 bits per heavy atom. The van der Waals surface area contributed by atoms with E-state index in [1.807, 2.05) is 13.8 Å². The van der Waals surface area contributed by atoms with Gasteiger partial charge in [0.15, 0.2) is 0 Å². The predicted octanol–water partition coefficient (Wildman–Crippen LogP) is 0.832. The lowest BCUT2D eigenvalue weighted by molar-refractivity contribution is -0.116. The molecule has 3 aromatic rings. The summed E-state index contributed by atoms with van der Waals surface area (Å²) in [5.41, 5.74) is 0.701. The quantitative estimate of drug-likeness (QED) is 0.745. The average Bonchev–Trinajstić information content (AvgIpc) is 3.03. The van der Waals surface area contributed by atoms with Crippen LogP contribution in [0.5, 0.6) is 0 Å². The average molecular weight is 304 g/mol. The Morgan fingerprint density at radius 1 is 1.43 bits per heavy atom. The molecule has 9 heteroatoms. The molecule has 1 amide bonds. The minimum absolute atomic E-state index is 0.128. The summed E-state index contributed by atoms with van der Waals surface area (Å²) < 4.78 is 1.28. The SMILES string of the molecule is Cc1sc2ncn(CC(=O)Nc3ncn[nH]3)c(=O)c2c1C. The highest BCUT2D eigenvalue weighted by atomic mass is 32.1. The summed E-state index contributed by atoms with van der Waals surface area (Å²) in [5, 5.41) is 9.23. The number of aromatic amines is 1. The van der Waals surface area contributed by atoms with Gasteiger partial charge in [-0.15, -0.1) is 11.3 Å². The summed E-state index contributed by atoms with van der Waals surface area (Å²) in [4.78, 5) is 34.1. The first kappa shape index (κ1) is 13.4. The fourth-order valence-corrected chi connectivity index (χ4v) is 2.96. The van der Waals surface area contributed by atoms with Gasteiger partial charge in [-0.2, -0.15) is 10.1 Å². The van der Waals surface area contributed by atoms with E-state index in [9.17, 15) is 9.59 Å². The zero-order valence-electron chi connectivity index (χ0n) is 11.4. The molecule has 108 valence electrons. The molecule has 0 saturated heterocycles. The molecule has 0 radical (unpaired) electrons. The number of hydrogen-bond donors (Lipinski definition) is 2. The highest BCUT2D eigenvalue weighted by Gasteiger charge is 2.14. The van der Waals surface area contributed by atoms with Gasteiger partial charge in [0, 0.05) is 4.88 Å². The Labute approximate surface area is 122 Å². The second-order valence-electron chi connectivity index (χ2n) is 4.52. The highest BCUT2D eigenvalue weighted by molar-refractivity contribution is 7.18. The number of amides is 1. The summed E-state index contributed by atoms with van der Waals surface area (Å²) in [6.07, 6.45) is 2.67. The summed E-state index contributed by atoms with van der Waals surface area (Å²) >= 11 is 1.48. The maximum atomic E-state index is 12.4. The van der Waals surface area contributed by atoms with Crippen LogP contribution in [0.25, 0.3) is 10.2 Å². The van der Waals surface area contributed by atoms with Crippen LogP contribution in [0, 0.1) is 13.8 Å². The fourth-order valence-electron chi connectivity index (χ4n) is 1.97. The van der Waals surface area contributed by atoms with Gasteiger partial charge in [0.05, 0.1) is 11.7 Å². The van der Waals surface area contributed by atoms with Crippen molar-refractivity contribution in [2.45, 2.75) is 20.4 Å². The second kappa shape index (κ2) is 5.09. The second-order valence-corrected chi connectivity index (χ2v) is 5.73. The normalized spacial score (nSPS) is 11.0. The molecule has 0 fully saturated rings. The number of hydrogen-bond acceptors (Lipinski definition) is 6. The Morgan fingerprint density at radius 2 is 2.24 bits per heavy atom. The molecule has 0 spiro atoms. The molecule has 0 atom stereocenters. The number of nitrogens with one attached hydrogen (secondary N) is 2. The monoisotopic (exact) mass is 304 g/mol. The van der Waals surface area contributed by atoms with E-state index in [2.05, 4.69) is 25.5 Å². The van der Waals surface area contributed by atoms with Crippen LogP contribution in [0.3, 0.4) is 0 Å². The van der Waals surface area contributed by atoms with E-state index >= 15 is 0 Å². The van der Waals surface area contributed by atoms with Crippen LogP contribution in [-0.4, -0.2) is 30.6 Å². The van der Waals surface area contributed by atoms with E-state index in [1.54, 1.807) is 0 Å². The number of H-pyrrole nitrogens is 1. The molecule has 0 saturated carbocycles. The first-order chi connectivity index (χ1) is 10.1. The molecule has 3 rings (SSSR count). The molecule has 2 N–H and O–H groups in total. The number of aryl methyl sites for hydroxylation is 2. The number of anilines is 1.